The van der Waals surface area contributed by atoms with Crippen molar-refractivity contribution in [1.29, 1.82) is 0 Å². The third-order valence-electron chi connectivity index (χ3n) is 5.26. The molecule has 0 aromatic rings. The first kappa shape index (κ1) is 14.8. The minimum absolute atomic E-state index is 0.213. The van der Waals surface area contributed by atoms with Gasteiger partial charge in [0.1, 0.15) is 5.54 Å². The molecular weight excluding hydrogens is 272 g/mol. The quantitative estimate of drug-likeness (QED) is 0.784. The summed E-state index contributed by atoms with van der Waals surface area (Å²) in [5.41, 5.74) is -0.758. The van der Waals surface area contributed by atoms with Gasteiger partial charge in [-0.05, 0) is 32.1 Å². The van der Waals surface area contributed by atoms with Crippen LogP contribution >= 0.6 is 0 Å². The lowest BCUT2D eigenvalue weighted by atomic mass is 9.76. The van der Waals surface area contributed by atoms with Gasteiger partial charge >= 0.3 is 6.03 Å². The summed E-state index contributed by atoms with van der Waals surface area (Å²) < 4.78 is 11.6. The van der Waals surface area contributed by atoms with Crippen molar-refractivity contribution in [3.63, 3.8) is 0 Å². The van der Waals surface area contributed by atoms with Crippen molar-refractivity contribution in [1.82, 2.24) is 10.2 Å². The number of imide groups is 1. The molecule has 1 N–H and O–H groups in total. The molecule has 1 spiro atoms. The van der Waals surface area contributed by atoms with E-state index in [0.717, 1.165) is 19.3 Å². The molecule has 2 saturated heterocycles. The zero-order valence-electron chi connectivity index (χ0n) is 13.0. The van der Waals surface area contributed by atoms with Gasteiger partial charge in [0.15, 0.2) is 5.79 Å². The summed E-state index contributed by atoms with van der Waals surface area (Å²) in [6.07, 6.45) is 2.68. The molecule has 0 unspecified atom stereocenters. The Labute approximate surface area is 125 Å². The second-order valence-electron chi connectivity index (χ2n) is 7.02. The van der Waals surface area contributed by atoms with Crippen LogP contribution in [-0.2, 0) is 14.3 Å². The van der Waals surface area contributed by atoms with Crippen LogP contribution in [0.15, 0.2) is 0 Å². The number of carbonyl (C=O) groups is 2. The van der Waals surface area contributed by atoms with Crippen molar-refractivity contribution < 1.29 is 19.1 Å². The van der Waals surface area contributed by atoms with Crippen LogP contribution < -0.4 is 5.32 Å². The zero-order valence-corrected chi connectivity index (χ0v) is 13.0. The fourth-order valence-electron chi connectivity index (χ4n) is 3.72. The molecule has 0 radical (unpaired) electrons. The molecule has 1 aliphatic carbocycles. The van der Waals surface area contributed by atoms with E-state index in [0.29, 0.717) is 31.6 Å². The highest BCUT2D eigenvalue weighted by molar-refractivity contribution is 6.06. The predicted octanol–water partition coefficient (Wildman–Crippen LogP) is 1.50. The second-order valence-corrected chi connectivity index (χ2v) is 7.02. The van der Waals surface area contributed by atoms with E-state index in [2.05, 4.69) is 12.2 Å². The molecule has 2 heterocycles. The summed E-state index contributed by atoms with van der Waals surface area (Å²) in [4.78, 5) is 25.5. The molecule has 3 rings (SSSR count). The lowest BCUT2D eigenvalue weighted by Crippen LogP contribution is -2.49. The smallest absolute Gasteiger partial charge is 0.325 e. The van der Waals surface area contributed by atoms with E-state index in [-0.39, 0.29) is 11.9 Å². The minimum atomic E-state index is -0.758. The summed E-state index contributed by atoms with van der Waals surface area (Å²) in [6.45, 7) is 7.74. The van der Waals surface area contributed by atoms with E-state index in [4.69, 9.17) is 9.47 Å². The van der Waals surface area contributed by atoms with Crippen LogP contribution in [0.2, 0.25) is 0 Å². The first-order chi connectivity index (χ1) is 9.84. The van der Waals surface area contributed by atoms with Crippen molar-refractivity contribution in [3.05, 3.63) is 0 Å². The van der Waals surface area contributed by atoms with E-state index >= 15 is 0 Å². The Hall–Kier alpha value is -1.14. The van der Waals surface area contributed by atoms with Crippen LogP contribution in [0.25, 0.3) is 0 Å². The number of hydrogen-bond acceptors (Lipinski definition) is 4. The third-order valence-corrected chi connectivity index (χ3v) is 5.26. The zero-order chi connectivity index (χ0) is 15.3. The van der Waals surface area contributed by atoms with E-state index in [1.165, 1.54) is 0 Å². The van der Waals surface area contributed by atoms with E-state index in [1.54, 1.807) is 18.7 Å². The SMILES string of the molecule is C[C@@H]1CC2(CC[C@@H]1CN1C(=O)NC(=O)C1(C)C)OCCO2. The monoisotopic (exact) mass is 296 g/mol. The number of rotatable bonds is 2. The Morgan fingerprint density at radius 1 is 1.29 bits per heavy atom. The summed E-state index contributed by atoms with van der Waals surface area (Å²) >= 11 is 0. The van der Waals surface area contributed by atoms with Gasteiger partial charge in [0.25, 0.3) is 5.91 Å². The van der Waals surface area contributed by atoms with Crippen LogP contribution in [0.1, 0.15) is 40.0 Å². The maximum Gasteiger partial charge on any atom is 0.325 e. The third kappa shape index (κ3) is 2.44. The Kier molecular flexibility index (Phi) is 3.48. The number of ether oxygens (including phenoxy) is 2. The predicted molar refractivity (Wildman–Crippen MR) is 75.5 cm³/mol. The molecule has 0 aromatic carbocycles. The van der Waals surface area contributed by atoms with Crippen LogP contribution in [0.5, 0.6) is 0 Å². The first-order valence-electron chi connectivity index (χ1n) is 7.75. The van der Waals surface area contributed by atoms with E-state index in [1.807, 2.05) is 0 Å². The highest BCUT2D eigenvalue weighted by Crippen LogP contribution is 2.42. The first-order valence-corrected chi connectivity index (χ1v) is 7.75. The Bertz CT molecular complexity index is 457. The number of nitrogens with one attached hydrogen (secondary N) is 1. The van der Waals surface area contributed by atoms with Gasteiger partial charge in [-0.2, -0.15) is 0 Å². The molecule has 2 atom stereocenters. The van der Waals surface area contributed by atoms with Crippen LogP contribution in [0, 0.1) is 11.8 Å². The summed E-state index contributed by atoms with van der Waals surface area (Å²) in [7, 11) is 0. The van der Waals surface area contributed by atoms with Gasteiger partial charge in [-0.1, -0.05) is 6.92 Å². The van der Waals surface area contributed by atoms with Gasteiger partial charge in [-0.3, -0.25) is 10.1 Å². The number of carbonyl (C=O) groups excluding carboxylic acids is 2. The molecule has 3 fully saturated rings. The normalized spacial score (nSPS) is 34.5. The lowest BCUT2D eigenvalue weighted by molar-refractivity contribution is -0.194. The Morgan fingerprint density at radius 2 is 1.95 bits per heavy atom. The maximum atomic E-state index is 12.0. The summed E-state index contributed by atoms with van der Waals surface area (Å²) in [6, 6.07) is -0.272. The van der Waals surface area contributed by atoms with Gasteiger partial charge in [-0.15, -0.1) is 0 Å². The van der Waals surface area contributed by atoms with Crippen molar-refractivity contribution in [3.8, 4) is 0 Å². The van der Waals surface area contributed by atoms with Gasteiger partial charge in [0.05, 0.1) is 13.2 Å². The van der Waals surface area contributed by atoms with Crippen molar-refractivity contribution >= 4 is 11.9 Å². The standard InChI is InChI=1S/C15H24N2O4/c1-10-8-15(20-6-7-21-15)5-4-11(10)9-17-13(19)16-12(18)14(17,2)3/h10-11H,4-9H2,1-3H3,(H,16,18,19)/t10-,11-/m1/s1. The fourth-order valence-corrected chi connectivity index (χ4v) is 3.72. The Morgan fingerprint density at radius 3 is 2.48 bits per heavy atom. The van der Waals surface area contributed by atoms with Gasteiger partial charge in [-0.25, -0.2) is 4.79 Å². The van der Waals surface area contributed by atoms with Crippen LogP contribution in [0.4, 0.5) is 4.79 Å². The highest BCUT2D eigenvalue weighted by atomic mass is 16.7. The molecule has 6 nitrogen and oxygen atoms in total. The van der Waals surface area contributed by atoms with E-state index in [9.17, 15) is 9.59 Å². The molecule has 2 aliphatic heterocycles. The average Bonchev–Trinajstić information content (AvgIpc) is 2.92. The largest absolute Gasteiger partial charge is 0.348 e. The summed E-state index contributed by atoms with van der Waals surface area (Å²) in [5, 5.41) is 2.41. The van der Waals surface area contributed by atoms with Gasteiger partial charge in [0, 0.05) is 19.4 Å². The summed E-state index contributed by atoms with van der Waals surface area (Å²) in [5.74, 6) is 0.166. The molecule has 6 heteroatoms. The van der Waals surface area contributed by atoms with Crippen molar-refractivity contribution in [2.24, 2.45) is 11.8 Å². The molecule has 118 valence electrons. The Balaban J connectivity index is 1.66. The molecule has 3 amide bonds. The molecule has 0 bridgehead atoms. The number of nitrogens with zero attached hydrogens (tertiary/aromatic N) is 1. The molecule has 1 saturated carbocycles. The number of urea groups is 1. The molecule has 21 heavy (non-hydrogen) atoms. The van der Waals surface area contributed by atoms with Gasteiger partial charge in [0.2, 0.25) is 0 Å². The second kappa shape index (κ2) is 4.95. The van der Waals surface area contributed by atoms with Gasteiger partial charge < -0.3 is 14.4 Å². The molecular formula is C15H24N2O4. The highest BCUT2D eigenvalue weighted by Gasteiger charge is 2.49. The van der Waals surface area contributed by atoms with Crippen LogP contribution in [0.3, 0.4) is 0 Å². The molecule has 3 aliphatic rings. The van der Waals surface area contributed by atoms with E-state index < -0.39 is 11.3 Å². The van der Waals surface area contributed by atoms with Crippen LogP contribution in [-0.4, -0.2) is 47.9 Å². The molecule has 0 aromatic heterocycles. The average molecular weight is 296 g/mol. The number of amides is 3. The topological polar surface area (TPSA) is 67.9 Å². The minimum Gasteiger partial charge on any atom is -0.348 e. The van der Waals surface area contributed by atoms with Crippen molar-refractivity contribution in [2.45, 2.75) is 51.4 Å². The van der Waals surface area contributed by atoms with Crippen molar-refractivity contribution in [2.75, 3.05) is 19.8 Å². The lowest BCUT2D eigenvalue weighted by Gasteiger charge is -2.42. The maximum absolute atomic E-state index is 12.0. The fraction of sp³-hybridized carbons (Fsp3) is 0.867. The number of hydrogen-bond donors (Lipinski definition) is 1.